The Morgan fingerprint density at radius 3 is 2.41 bits per heavy atom. The van der Waals surface area contributed by atoms with Gasteiger partial charge in [-0.2, -0.15) is 0 Å². The maximum absolute atomic E-state index is 13.4. The molecule has 1 aliphatic rings. The third-order valence-electron chi connectivity index (χ3n) is 5.94. The lowest BCUT2D eigenvalue weighted by atomic mass is 9.98. The molecular formula is C27H21NO6. The van der Waals surface area contributed by atoms with Crippen molar-refractivity contribution in [2.75, 3.05) is 19.1 Å². The van der Waals surface area contributed by atoms with Crippen molar-refractivity contribution >= 4 is 33.9 Å². The Balaban J connectivity index is 1.74. The fourth-order valence-corrected chi connectivity index (χ4v) is 4.35. The van der Waals surface area contributed by atoms with Crippen LogP contribution in [0.1, 0.15) is 17.4 Å². The molecule has 34 heavy (non-hydrogen) atoms. The zero-order chi connectivity index (χ0) is 23.8. The molecule has 1 N–H and O–H groups in total. The van der Waals surface area contributed by atoms with Crippen LogP contribution in [0.3, 0.4) is 0 Å². The van der Waals surface area contributed by atoms with Gasteiger partial charge in [0.25, 0.3) is 11.7 Å². The number of carbonyl (C=O) groups is 2. The number of ether oxygens (including phenoxy) is 2. The Kier molecular flexibility index (Phi) is 5.30. The van der Waals surface area contributed by atoms with Crippen molar-refractivity contribution in [1.29, 1.82) is 0 Å². The number of aliphatic hydroxyl groups excluding tert-OH is 1. The maximum atomic E-state index is 13.4. The number of furan rings is 1. The monoisotopic (exact) mass is 455 g/mol. The highest BCUT2D eigenvalue weighted by Gasteiger charge is 2.48. The molecule has 7 nitrogen and oxygen atoms in total. The second kappa shape index (κ2) is 8.44. The Morgan fingerprint density at radius 1 is 0.912 bits per heavy atom. The predicted octanol–water partition coefficient (Wildman–Crippen LogP) is 5.08. The highest BCUT2D eigenvalue weighted by Crippen LogP contribution is 2.44. The molecule has 1 aliphatic heterocycles. The molecule has 1 atom stereocenters. The Labute approximate surface area is 195 Å². The number of fused-ring (bicyclic) bond motifs is 1. The summed E-state index contributed by atoms with van der Waals surface area (Å²) < 4.78 is 16.2. The molecule has 7 heteroatoms. The van der Waals surface area contributed by atoms with Crippen molar-refractivity contribution in [2.45, 2.75) is 6.04 Å². The van der Waals surface area contributed by atoms with Gasteiger partial charge in [0.1, 0.15) is 17.6 Å². The van der Waals surface area contributed by atoms with Gasteiger partial charge in [0.15, 0.2) is 11.5 Å². The van der Waals surface area contributed by atoms with Gasteiger partial charge in [-0.3, -0.25) is 14.5 Å². The van der Waals surface area contributed by atoms with Gasteiger partial charge in [-0.25, -0.2) is 0 Å². The van der Waals surface area contributed by atoms with Crippen LogP contribution in [0, 0.1) is 0 Å². The van der Waals surface area contributed by atoms with Crippen molar-refractivity contribution in [3.05, 3.63) is 96.0 Å². The number of amides is 1. The van der Waals surface area contributed by atoms with Gasteiger partial charge in [-0.1, -0.05) is 36.4 Å². The van der Waals surface area contributed by atoms with Crippen molar-refractivity contribution in [3.8, 4) is 11.5 Å². The van der Waals surface area contributed by atoms with Crippen LogP contribution in [0.5, 0.6) is 11.5 Å². The van der Waals surface area contributed by atoms with E-state index in [-0.39, 0.29) is 11.3 Å². The SMILES string of the molecule is COc1ccc(/C(O)=C2/C(=O)C(=O)N(c3cccc4ccccc34)C2c2ccco2)cc1OC. The third kappa shape index (κ3) is 3.29. The van der Waals surface area contributed by atoms with Crippen molar-refractivity contribution < 1.29 is 28.6 Å². The highest BCUT2D eigenvalue weighted by molar-refractivity contribution is 6.52. The van der Waals surface area contributed by atoms with Crippen LogP contribution in [0.2, 0.25) is 0 Å². The van der Waals surface area contributed by atoms with Gasteiger partial charge in [-0.05, 0) is 41.8 Å². The minimum atomic E-state index is -0.950. The Morgan fingerprint density at radius 2 is 1.68 bits per heavy atom. The standard InChI is InChI=1S/C27H21NO6/c1-32-20-13-12-17(15-22(20)33-2)25(29)23-24(21-11-6-14-34-21)28(27(31)26(23)30)19-10-5-8-16-7-3-4-9-18(16)19/h3-15,24,29H,1-2H3/b25-23-. The van der Waals surface area contributed by atoms with E-state index >= 15 is 0 Å². The molecule has 0 radical (unpaired) electrons. The van der Waals surface area contributed by atoms with E-state index in [1.165, 1.54) is 25.4 Å². The number of hydrogen-bond donors (Lipinski definition) is 1. The van der Waals surface area contributed by atoms with Crippen LogP contribution in [0.25, 0.3) is 16.5 Å². The van der Waals surface area contributed by atoms with Gasteiger partial charge >= 0.3 is 0 Å². The van der Waals surface area contributed by atoms with Crippen molar-refractivity contribution in [2.24, 2.45) is 0 Å². The first kappa shape index (κ1) is 21.3. The molecule has 0 aliphatic carbocycles. The molecule has 3 aromatic carbocycles. The second-order valence-electron chi connectivity index (χ2n) is 7.75. The molecule has 0 bridgehead atoms. The molecule has 170 valence electrons. The molecule has 1 saturated heterocycles. The fourth-order valence-electron chi connectivity index (χ4n) is 4.35. The van der Waals surface area contributed by atoms with E-state index in [0.717, 1.165) is 10.8 Å². The number of hydrogen-bond acceptors (Lipinski definition) is 6. The summed E-state index contributed by atoms with van der Waals surface area (Å²) in [6.45, 7) is 0. The average Bonchev–Trinajstić information content (AvgIpc) is 3.49. The second-order valence-corrected chi connectivity index (χ2v) is 7.75. The number of carbonyl (C=O) groups excluding carboxylic acids is 2. The Bertz CT molecular complexity index is 1430. The molecule has 1 unspecified atom stereocenters. The average molecular weight is 455 g/mol. The first-order valence-electron chi connectivity index (χ1n) is 10.6. The summed E-state index contributed by atoms with van der Waals surface area (Å²) >= 11 is 0. The van der Waals surface area contributed by atoms with Gasteiger partial charge < -0.3 is 19.0 Å². The molecule has 2 heterocycles. The van der Waals surface area contributed by atoms with Crippen LogP contribution >= 0.6 is 0 Å². The van der Waals surface area contributed by atoms with E-state index in [9.17, 15) is 14.7 Å². The van der Waals surface area contributed by atoms with E-state index in [1.54, 1.807) is 36.4 Å². The first-order valence-corrected chi connectivity index (χ1v) is 10.6. The van der Waals surface area contributed by atoms with E-state index in [2.05, 4.69) is 0 Å². The summed E-state index contributed by atoms with van der Waals surface area (Å²) in [4.78, 5) is 28.1. The summed E-state index contributed by atoms with van der Waals surface area (Å²) in [6.07, 6.45) is 1.47. The number of ketones is 1. The lowest BCUT2D eigenvalue weighted by Gasteiger charge is -2.24. The molecule has 1 amide bonds. The maximum Gasteiger partial charge on any atom is 0.300 e. The van der Waals surface area contributed by atoms with Crippen LogP contribution in [0.15, 0.2) is 89.0 Å². The molecule has 1 fully saturated rings. The quantitative estimate of drug-likeness (QED) is 0.257. The normalized spacial score (nSPS) is 17.4. The summed E-state index contributed by atoms with van der Waals surface area (Å²) in [5.41, 5.74) is 0.790. The van der Waals surface area contributed by atoms with Gasteiger partial charge in [0, 0.05) is 10.9 Å². The fraction of sp³-hybridized carbons (Fsp3) is 0.111. The van der Waals surface area contributed by atoms with Gasteiger partial charge in [0.2, 0.25) is 0 Å². The topological polar surface area (TPSA) is 89.2 Å². The molecule has 4 aromatic rings. The largest absolute Gasteiger partial charge is 0.507 e. The molecule has 5 rings (SSSR count). The van der Waals surface area contributed by atoms with Crippen LogP contribution in [0.4, 0.5) is 5.69 Å². The number of benzene rings is 3. The summed E-state index contributed by atoms with van der Waals surface area (Å²) in [6, 6.07) is 20.3. The number of anilines is 1. The minimum absolute atomic E-state index is 0.0693. The van der Waals surface area contributed by atoms with Gasteiger partial charge in [-0.15, -0.1) is 0 Å². The van der Waals surface area contributed by atoms with E-state index < -0.39 is 17.7 Å². The number of rotatable bonds is 5. The van der Waals surface area contributed by atoms with Crippen LogP contribution in [-0.4, -0.2) is 31.0 Å². The number of methoxy groups -OCH3 is 2. The molecular weight excluding hydrogens is 434 g/mol. The smallest absolute Gasteiger partial charge is 0.300 e. The summed E-state index contributed by atoms with van der Waals surface area (Å²) in [5, 5.41) is 13.0. The lowest BCUT2D eigenvalue weighted by molar-refractivity contribution is -0.132. The molecule has 0 saturated carbocycles. The third-order valence-corrected chi connectivity index (χ3v) is 5.94. The van der Waals surface area contributed by atoms with Crippen LogP contribution in [-0.2, 0) is 9.59 Å². The van der Waals surface area contributed by atoms with E-state index in [0.29, 0.717) is 28.5 Å². The van der Waals surface area contributed by atoms with E-state index in [4.69, 9.17) is 13.9 Å². The lowest BCUT2D eigenvalue weighted by Crippen LogP contribution is -2.29. The number of nitrogens with zero attached hydrogens (tertiary/aromatic N) is 1. The van der Waals surface area contributed by atoms with Crippen molar-refractivity contribution in [1.82, 2.24) is 0 Å². The predicted molar refractivity (Wildman–Crippen MR) is 127 cm³/mol. The summed E-state index contributed by atoms with van der Waals surface area (Å²) in [7, 11) is 2.98. The first-order chi connectivity index (χ1) is 16.5. The number of Topliss-reactive ketones (excluding diaryl/α,β-unsaturated/α-hetero) is 1. The summed E-state index contributed by atoms with van der Waals surface area (Å²) in [5.74, 6) is -0.679. The van der Waals surface area contributed by atoms with Gasteiger partial charge in [0.05, 0.1) is 31.7 Å². The minimum Gasteiger partial charge on any atom is -0.507 e. The van der Waals surface area contributed by atoms with Crippen LogP contribution < -0.4 is 14.4 Å². The molecule has 0 spiro atoms. The zero-order valence-electron chi connectivity index (χ0n) is 18.5. The molecule has 1 aromatic heterocycles. The Hall–Kier alpha value is -4.52. The zero-order valence-corrected chi connectivity index (χ0v) is 18.5. The number of aliphatic hydroxyl groups is 1. The van der Waals surface area contributed by atoms with E-state index in [1.807, 2.05) is 36.4 Å². The van der Waals surface area contributed by atoms with Crippen molar-refractivity contribution in [3.63, 3.8) is 0 Å². The highest BCUT2D eigenvalue weighted by atomic mass is 16.5.